The molecule has 76 valence electrons. The Morgan fingerprint density at radius 2 is 2.21 bits per heavy atom. The van der Waals surface area contributed by atoms with Crippen LogP contribution in [0, 0.1) is 10.1 Å². The van der Waals surface area contributed by atoms with E-state index < -0.39 is 0 Å². The fourth-order valence-electron chi connectivity index (χ4n) is 1.15. The van der Waals surface area contributed by atoms with Gasteiger partial charge in [0.2, 0.25) is 0 Å². The summed E-state index contributed by atoms with van der Waals surface area (Å²) in [5.41, 5.74) is 1.09. The minimum Gasteiger partial charge on any atom is -0.319 e. The van der Waals surface area contributed by atoms with Crippen molar-refractivity contribution in [2.75, 3.05) is 13.6 Å². The van der Waals surface area contributed by atoms with E-state index in [1.54, 1.807) is 6.07 Å². The van der Waals surface area contributed by atoms with Crippen molar-refractivity contribution >= 4 is 21.6 Å². The molecule has 1 aromatic carbocycles. The molecule has 0 bridgehead atoms. The molecule has 0 aliphatic rings. The number of benzene rings is 1. The zero-order valence-corrected chi connectivity index (χ0v) is 9.37. The van der Waals surface area contributed by atoms with Crippen molar-refractivity contribution in [3.63, 3.8) is 0 Å². The van der Waals surface area contributed by atoms with Crippen LogP contribution < -0.4 is 5.32 Å². The zero-order chi connectivity index (χ0) is 10.6. The lowest BCUT2D eigenvalue weighted by Crippen LogP contribution is -2.10. The average Bonchev–Trinajstić information content (AvgIpc) is 2.14. The number of non-ortho nitro benzene ring substituents is 1. The molecule has 0 fully saturated rings. The maximum atomic E-state index is 10.5. The van der Waals surface area contributed by atoms with Gasteiger partial charge in [0.25, 0.3) is 5.69 Å². The number of hydrogen-bond acceptors (Lipinski definition) is 3. The summed E-state index contributed by atoms with van der Waals surface area (Å²) in [7, 11) is 1.85. The second-order valence-corrected chi connectivity index (χ2v) is 3.84. The molecule has 0 radical (unpaired) electrons. The third-order valence-electron chi connectivity index (χ3n) is 1.82. The number of nitro groups is 1. The maximum absolute atomic E-state index is 10.5. The number of nitrogens with zero attached hydrogens (tertiary/aromatic N) is 1. The third-order valence-corrected chi connectivity index (χ3v) is 2.27. The number of hydrogen-bond donors (Lipinski definition) is 1. The lowest BCUT2D eigenvalue weighted by molar-refractivity contribution is -0.385. The van der Waals surface area contributed by atoms with Crippen LogP contribution in [-0.4, -0.2) is 18.5 Å². The first-order valence-electron chi connectivity index (χ1n) is 4.22. The highest BCUT2D eigenvalue weighted by atomic mass is 79.9. The Kier molecular flexibility index (Phi) is 4.03. The zero-order valence-electron chi connectivity index (χ0n) is 7.79. The largest absolute Gasteiger partial charge is 0.319 e. The minimum absolute atomic E-state index is 0.130. The van der Waals surface area contributed by atoms with Crippen LogP contribution in [0.2, 0.25) is 0 Å². The minimum atomic E-state index is -0.381. The number of halogens is 1. The topological polar surface area (TPSA) is 55.2 Å². The fraction of sp³-hybridized carbons (Fsp3) is 0.333. The van der Waals surface area contributed by atoms with Gasteiger partial charge in [-0.15, -0.1) is 0 Å². The predicted molar refractivity (Wildman–Crippen MR) is 58.4 cm³/mol. The van der Waals surface area contributed by atoms with Gasteiger partial charge in [0.05, 0.1) is 4.92 Å². The van der Waals surface area contributed by atoms with Crippen LogP contribution in [0.1, 0.15) is 5.56 Å². The van der Waals surface area contributed by atoms with Gasteiger partial charge < -0.3 is 5.32 Å². The van der Waals surface area contributed by atoms with Crippen molar-refractivity contribution in [2.45, 2.75) is 6.42 Å². The van der Waals surface area contributed by atoms with Gasteiger partial charge in [-0.05, 0) is 31.6 Å². The van der Waals surface area contributed by atoms with E-state index in [-0.39, 0.29) is 10.6 Å². The van der Waals surface area contributed by atoms with E-state index in [4.69, 9.17) is 0 Å². The molecule has 14 heavy (non-hydrogen) atoms. The molecule has 1 aromatic rings. The van der Waals surface area contributed by atoms with E-state index in [9.17, 15) is 10.1 Å². The van der Waals surface area contributed by atoms with Crippen LogP contribution in [0.15, 0.2) is 22.7 Å². The molecule has 0 spiro atoms. The lowest BCUT2D eigenvalue weighted by atomic mass is 10.1. The second kappa shape index (κ2) is 5.07. The summed E-state index contributed by atoms with van der Waals surface area (Å²) in [4.78, 5) is 10.2. The van der Waals surface area contributed by atoms with Gasteiger partial charge in [0, 0.05) is 16.6 Å². The molecule has 0 aliphatic heterocycles. The van der Waals surface area contributed by atoms with Crippen molar-refractivity contribution in [3.05, 3.63) is 38.3 Å². The second-order valence-electron chi connectivity index (χ2n) is 2.93. The SMILES string of the molecule is CNCCc1cc(Br)cc([N+](=O)[O-])c1. The lowest BCUT2D eigenvalue weighted by Gasteiger charge is -2.01. The summed E-state index contributed by atoms with van der Waals surface area (Å²) in [6, 6.07) is 5.00. The van der Waals surface area contributed by atoms with Gasteiger partial charge in [-0.2, -0.15) is 0 Å². The molecule has 5 heteroatoms. The number of nitrogens with one attached hydrogen (secondary N) is 1. The summed E-state index contributed by atoms with van der Waals surface area (Å²) >= 11 is 3.25. The quantitative estimate of drug-likeness (QED) is 0.665. The highest BCUT2D eigenvalue weighted by molar-refractivity contribution is 9.10. The summed E-state index contributed by atoms with van der Waals surface area (Å²) < 4.78 is 0.748. The van der Waals surface area contributed by atoms with Gasteiger partial charge in [-0.1, -0.05) is 15.9 Å². The summed E-state index contributed by atoms with van der Waals surface area (Å²) in [5, 5.41) is 13.5. The van der Waals surface area contributed by atoms with Crippen LogP contribution in [0.3, 0.4) is 0 Å². The van der Waals surface area contributed by atoms with Gasteiger partial charge in [-0.3, -0.25) is 10.1 Å². The van der Waals surface area contributed by atoms with Gasteiger partial charge in [-0.25, -0.2) is 0 Å². The molecular weight excluding hydrogens is 248 g/mol. The van der Waals surface area contributed by atoms with Crippen LogP contribution in [0.4, 0.5) is 5.69 Å². The molecule has 0 heterocycles. The Labute approximate surface area is 90.6 Å². The smallest absolute Gasteiger partial charge is 0.270 e. The molecule has 0 amide bonds. The molecule has 0 saturated heterocycles. The van der Waals surface area contributed by atoms with Crippen LogP contribution >= 0.6 is 15.9 Å². The van der Waals surface area contributed by atoms with Crippen molar-refractivity contribution < 1.29 is 4.92 Å². The van der Waals surface area contributed by atoms with E-state index in [1.807, 2.05) is 13.1 Å². The normalized spacial score (nSPS) is 10.1. The van der Waals surface area contributed by atoms with Gasteiger partial charge in [0.1, 0.15) is 0 Å². The Hall–Kier alpha value is -0.940. The fourth-order valence-corrected chi connectivity index (χ4v) is 1.68. The molecule has 0 aromatic heterocycles. The van der Waals surface area contributed by atoms with Gasteiger partial charge >= 0.3 is 0 Å². The van der Waals surface area contributed by atoms with Gasteiger partial charge in [0.15, 0.2) is 0 Å². The summed E-state index contributed by atoms with van der Waals surface area (Å²) in [5.74, 6) is 0. The highest BCUT2D eigenvalue weighted by Crippen LogP contribution is 2.21. The van der Waals surface area contributed by atoms with Crippen LogP contribution in [-0.2, 0) is 6.42 Å². The monoisotopic (exact) mass is 258 g/mol. The number of nitro benzene ring substituents is 1. The van der Waals surface area contributed by atoms with Crippen LogP contribution in [0.25, 0.3) is 0 Å². The third kappa shape index (κ3) is 3.08. The number of rotatable bonds is 4. The van der Waals surface area contributed by atoms with Crippen molar-refractivity contribution in [2.24, 2.45) is 0 Å². The molecule has 0 atom stereocenters. The van der Waals surface area contributed by atoms with E-state index >= 15 is 0 Å². The Balaban J connectivity index is 2.89. The standard InChI is InChI=1S/C9H11BrN2O2/c1-11-3-2-7-4-8(10)6-9(5-7)12(13)14/h4-6,11H,2-3H2,1H3. The molecule has 4 nitrogen and oxygen atoms in total. The first-order chi connectivity index (χ1) is 6.63. The Morgan fingerprint density at radius 1 is 1.50 bits per heavy atom. The highest BCUT2D eigenvalue weighted by Gasteiger charge is 2.07. The first kappa shape index (κ1) is 11.1. The average molecular weight is 259 g/mol. The molecule has 0 aliphatic carbocycles. The molecule has 0 unspecified atom stereocenters. The Morgan fingerprint density at radius 3 is 2.79 bits per heavy atom. The van der Waals surface area contributed by atoms with Crippen molar-refractivity contribution in [1.29, 1.82) is 0 Å². The first-order valence-corrected chi connectivity index (χ1v) is 5.01. The van der Waals surface area contributed by atoms with Crippen molar-refractivity contribution in [1.82, 2.24) is 5.32 Å². The molecular formula is C9H11BrN2O2. The Bertz CT molecular complexity index is 342. The molecule has 0 saturated carbocycles. The van der Waals surface area contributed by atoms with E-state index in [0.29, 0.717) is 0 Å². The van der Waals surface area contributed by atoms with E-state index in [0.717, 1.165) is 23.0 Å². The van der Waals surface area contributed by atoms with Crippen LogP contribution in [0.5, 0.6) is 0 Å². The molecule has 1 rings (SSSR count). The summed E-state index contributed by atoms with van der Waals surface area (Å²) in [6.07, 6.45) is 0.788. The van der Waals surface area contributed by atoms with E-state index in [1.165, 1.54) is 6.07 Å². The predicted octanol–water partition coefficient (Wildman–Crippen LogP) is 2.12. The maximum Gasteiger partial charge on any atom is 0.270 e. The van der Waals surface area contributed by atoms with E-state index in [2.05, 4.69) is 21.2 Å². The van der Waals surface area contributed by atoms with Crippen molar-refractivity contribution in [3.8, 4) is 0 Å². The summed E-state index contributed by atoms with van der Waals surface area (Å²) in [6.45, 7) is 0.813. The molecule has 1 N–H and O–H groups in total. The number of likely N-dealkylation sites (N-methyl/N-ethyl adjacent to an activating group) is 1.